The fraction of sp³-hybridized carbons (Fsp3) is 0.308. The van der Waals surface area contributed by atoms with E-state index in [-0.39, 0.29) is 5.41 Å². The van der Waals surface area contributed by atoms with Crippen molar-refractivity contribution in [3.63, 3.8) is 0 Å². The third kappa shape index (κ3) is 3.68. The largest absolute Gasteiger partial charge is 0.422 e. The van der Waals surface area contributed by atoms with Gasteiger partial charge in [0.2, 0.25) is 0 Å². The molecule has 0 aliphatic heterocycles. The molecule has 0 atom stereocenters. The molecule has 0 saturated carbocycles. The number of halogens is 2. The van der Waals surface area contributed by atoms with E-state index >= 15 is 0 Å². The molecule has 0 unspecified atom stereocenters. The molecule has 0 aliphatic rings. The molecule has 92 valence electrons. The summed E-state index contributed by atoms with van der Waals surface area (Å²) in [7, 11) is 0. The number of rotatable bonds is 2. The summed E-state index contributed by atoms with van der Waals surface area (Å²) in [6.07, 6.45) is 1.15. The van der Waals surface area contributed by atoms with Gasteiger partial charge in [0.15, 0.2) is 0 Å². The van der Waals surface area contributed by atoms with Crippen LogP contribution in [-0.4, -0.2) is 5.97 Å². The Balaban J connectivity index is 3.35. The Kier molecular flexibility index (Phi) is 4.55. The predicted octanol–water partition coefficient (Wildman–Crippen LogP) is 4.60. The molecule has 0 fully saturated rings. The fourth-order valence-electron chi connectivity index (χ4n) is 1.36. The van der Waals surface area contributed by atoms with Crippen LogP contribution in [0.15, 0.2) is 33.7 Å². The van der Waals surface area contributed by atoms with Crippen LogP contribution in [0.4, 0.5) is 0 Å². The smallest absolute Gasteiger partial charge is 0.335 e. The molecule has 2 nitrogen and oxygen atoms in total. The number of ether oxygens (including phenoxy) is 1. The van der Waals surface area contributed by atoms with E-state index in [9.17, 15) is 4.79 Å². The van der Waals surface area contributed by atoms with Crippen molar-refractivity contribution in [1.82, 2.24) is 0 Å². The quantitative estimate of drug-likeness (QED) is 0.437. The van der Waals surface area contributed by atoms with Gasteiger partial charge in [0.05, 0.1) is 4.47 Å². The Morgan fingerprint density at radius 3 is 2.41 bits per heavy atom. The van der Waals surface area contributed by atoms with Gasteiger partial charge < -0.3 is 4.74 Å². The highest BCUT2D eigenvalue weighted by Crippen LogP contribution is 2.39. The molecule has 0 spiro atoms. The molecule has 1 rings (SSSR count). The van der Waals surface area contributed by atoms with Gasteiger partial charge in [-0.15, -0.1) is 0 Å². The topological polar surface area (TPSA) is 26.3 Å². The summed E-state index contributed by atoms with van der Waals surface area (Å²) in [5.74, 6) is 0.0872. The first-order chi connectivity index (χ1) is 7.75. The van der Waals surface area contributed by atoms with Crippen LogP contribution in [0, 0.1) is 0 Å². The Bertz CT molecular complexity index is 459. The van der Waals surface area contributed by atoms with Crippen LogP contribution in [0.25, 0.3) is 0 Å². The van der Waals surface area contributed by atoms with Crippen LogP contribution >= 0.6 is 31.9 Å². The first-order valence-electron chi connectivity index (χ1n) is 5.09. The van der Waals surface area contributed by atoms with E-state index in [2.05, 4.69) is 59.2 Å². The number of esters is 1. The Labute approximate surface area is 118 Å². The Morgan fingerprint density at radius 2 is 1.94 bits per heavy atom. The number of carbonyl (C=O) groups excluding carboxylic acids is 1. The van der Waals surface area contributed by atoms with Crippen molar-refractivity contribution < 1.29 is 9.53 Å². The highest BCUT2D eigenvalue weighted by molar-refractivity contribution is 9.11. The minimum Gasteiger partial charge on any atom is -0.422 e. The van der Waals surface area contributed by atoms with Crippen molar-refractivity contribution in [2.24, 2.45) is 0 Å². The maximum absolute atomic E-state index is 11.3. The van der Waals surface area contributed by atoms with Gasteiger partial charge in [-0.1, -0.05) is 43.3 Å². The van der Waals surface area contributed by atoms with Crippen LogP contribution < -0.4 is 4.74 Å². The van der Waals surface area contributed by atoms with Gasteiger partial charge in [0, 0.05) is 16.1 Å². The molecule has 0 N–H and O–H groups in total. The van der Waals surface area contributed by atoms with Gasteiger partial charge in [0.25, 0.3) is 0 Å². The van der Waals surface area contributed by atoms with Crippen molar-refractivity contribution in [3.8, 4) is 5.75 Å². The van der Waals surface area contributed by atoms with Crippen LogP contribution in [0.2, 0.25) is 0 Å². The molecule has 0 heterocycles. The lowest BCUT2D eigenvalue weighted by Gasteiger charge is -2.23. The normalized spacial score (nSPS) is 11.1. The van der Waals surface area contributed by atoms with Crippen LogP contribution in [0.3, 0.4) is 0 Å². The van der Waals surface area contributed by atoms with Gasteiger partial charge in [-0.25, -0.2) is 4.79 Å². The van der Waals surface area contributed by atoms with Gasteiger partial charge in [-0.05, 0) is 33.5 Å². The Morgan fingerprint density at radius 1 is 1.35 bits per heavy atom. The molecule has 0 aliphatic carbocycles. The molecular formula is C13H14Br2O2. The summed E-state index contributed by atoms with van der Waals surface area (Å²) in [4.78, 5) is 11.3. The van der Waals surface area contributed by atoms with Gasteiger partial charge >= 0.3 is 5.97 Å². The fourth-order valence-corrected chi connectivity index (χ4v) is 2.67. The van der Waals surface area contributed by atoms with Crippen LogP contribution in [-0.2, 0) is 10.2 Å². The highest BCUT2D eigenvalue weighted by Gasteiger charge is 2.23. The summed E-state index contributed by atoms with van der Waals surface area (Å²) in [6.45, 7) is 9.58. The molecular weight excluding hydrogens is 348 g/mol. The maximum Gasteiger partial charge on any atom is 0.335 e. The summed E-state index contributed by atoms with van der Waals surface area (Å²) in [6, 6.07) is 3.80. The maximum atomic E-state index is 11.3. The molecule has 0 aromatic heterocycles. The van der Waals surface area contributed by atoms with Gasteiger partial charge in [0.1, 0.15) is 5.75 Å². The lowest BCUT2D eigenvalue weighted by Crippen LogP contribution is -2.15. The molecule has 0 bridgehead atoms. The zero-order valence-corrected chi connectivity index (χ0v) is 13.2. The van der Waals surface area contributed by atoms with E-state index in [1.165, 1.54) is 0 Å². The van der Waals surface area contributed by atoms with Crippen molar-refractivity contribution >= 4 is 37.8 Å². The number of hydrogen-bond donors (Lipinski definition) is 0. The lowest BCUT2D eigenvalue weighted by molar-refractivity contribution is -0.129. The van der Waals surface area contributed by atoms with Crippen LogP contribution in [0.5, 0.6) is 5.75 Å². The zero-order valence-electron chi connectivity index (χ0n) is 10.0. The monoisotopic (exact) mass is 360 g/mol. The second kappa shape index (κ2) is 5.36. The minimum absolute atomic E-state index is 0.122. The molecule has 0 saturated heterocycles. The average Bonchev–Trinajstić information content (AvgIpc) is 2.19. The van der Waals surface area contributed by atoms with Crippen molar-refractivity contribution in [2.45, 2.75) is 26.2 Å². The second-order valence-corrected chi connectivity index (χ2v) is 6.41. The van der Waals surface area contributed by atoms with Crippen molar-refractivity contribution in [1.29, 1.82) is 0 Å². The minimum atomic E-state index is -0.460. The average molecular weight is 362 g/mol. The molecule has 4 heteroatoms. The van der Waals surface area contributed by atoms with Gasteiger partial charge in [-0.2, -0.15) is 0 Å². The standard InChI is InChI=1S/C13H14Br2O2/c1-5-11(16)17-12-9(13(2,3)4)6-8(14)7-10(12)15/h5-7H,1H2,2-4H3. The predicted molar refractivity (Wildman–Crippen MR) is 76.4 cm³/mol. The first kappa shape index (κ1) is 14.5. The number of benzene rings is 1. The summed E-state index contributed by atoms with van der Waals surface area (Å²) in [5.41, 5.74) is 0.831. The molecule has 0 amide bonds. The molecule has 1 aromatic carbocycles. The zero-order chi connectivity index (χ0) is 13.2. The molecule has 1 aromatic rings. The Hall–Kier alpha value is -0.610. The van der Waals surface area contributed by atoms with E-state index in [0.717, 1.165) is 20.6 Å². The van der Waals surface area contributed by atoms with E-state index in [4.69, 9.17) is 4.74 Å². The second-order valence-electron chi connectivity index (χ2n) is 4.64. The van der Waals surface area contributed by atoms with E-state index < -0.39 is 5.97 Å². The third-order valence-electron chi connectivity index (χ3n) is 2.19. The summed E-state index contributed by atoms with van der Waals surface area (Å²) < 4.78 is 6.96. The number of hydrogen-bond acceptors (Lipinski definition) is 2. The first-order valence-corrected chi connectivity index (χ1v) is 6.68. The summed E-state index contributed by atoms with van der Waals surface area (Å²) in [5, 5.41) is 0. The van der Waals surface area contributed by atoms with Crippen LogP contribution in [0.1, 0.15) is 26.3 Å². The van der Waals surface area contributed by atoms with E-state index in [1.807, 2.05) is 12.1 Å². The lowest BCUT2D eigenvalue weighted by atomic mass is 9.86. The van der Waals surface area contributed by atoms with E-state index in [1.54, 1.807) is 0 Å². The SMILES string of the molecule is C=CC(=O)Oc1c(Br)cc(Br)cc1C(C)(C)C. The summed E-state index contributed by atoms with van der Waals surface area (Å²) >= 11 is 6.84. The van der Waals surface area contributed by atoms with Gasteiger partial charge in [-0.3, -0.25) is 0 Å². The highest BCUT2D eigenvalue weighted by atomic mass is 79.9. The third-order valence-corrected chi connectivity index (χ3v) is 3.23. The van der Waals surface area contributed by atoms with Crippen molar-refractivity contribution in [2.75, 3.05) is 0 Å². The number of carbonyl (C=O) groups is 1. The van der Waals surface area contributed by atoms with E-state index in [0.29, 0.717) is 5.75 Å². The van der Waals surface area contributed by atoms with Crippen molar-refractivity contribution in [3.05, 3.63) is 39.3 Å². The molecule has 0 radical (unpaired) electrons. The molecule has 17 heavy (non-hydrogen) atoms.